The van der Waals surface area contributed by atoms with Crippen molar-refractivity contribution in [2.24, 2.45) is 11.5 Å². The van der Waals surface area contributed by atoms with Gasteiger partial charge < -0.3 is 21.7 Å². The molecule has 0 fully saturated rings. The zero-order valence-corrected chi connectivity index (χ0v) is 10.6. The highest BCUT2D eigenvalue weighted by molar-refractivity contribution is 5.96. The van der Waals surface area contributed by atoms with Crippen molar-refractivity contribution >= 4 is 22.8 Å². The molecule has 0 aliphatic heterocycles. The van der Waals surface area contributed by atoms with Crippen LogP contribution in [-0.4, -0.2) is 39.2 Å². The predicted octanol–water partition coefficient (Wildman–Crippen LogP) is -0.0998. The number of phenolic OH excluding ortho intramolecular Hbond substituents is 1. The largest absolute Gasteiger partial charge is 0.508 e. The first-order valence-electron chi connectivity index (χ1n) is 5.98. The van der Waals surface area contributed by atoms with Crippen LogP contribution in [0, 0.1) is 0 Å². The van der Waals surface area contributed by atoms with Crippen LogP contribution in [0.2, 0.25) is 0 Å². The first-order valence-corrected chi connectivity index (χ1v) is 5.98. The molecule has 7 heteroatoms. The molecule has 7 nitrogen and oxygen atoms in total. The average Bonchev–Trinajstić information content (AvgIpc) is 2.76. The lowest BCUT2D eigenvalue weighted by Gasteiger charge is -2.04. The van der Waals surface area contributed by atoms with Crippen molar-refractivity contribution in [2.75, 3.05) is 6.54 Å². The molecule has 0 aliphatic rings. The normalized spacial score (nSPS) is 12.5. The van der Waals surface area contributed by atoms with Gasteiger partial charge in [0.25, 0.3) is 0 Å². The molecule has 0 radical (unpaired) electrons. The van der Waals surface area contributed by atoms with Gasteiger partial charge in [-0.25, -0.2) is 0 Å². The second kappa shape index (κ2) is 5.32. The summed E-state index contributed by atoms with van der Waals surface area (Å²) < 4.78 is 1.35. The number of carboxylic acids is 1. The van der Waals surface area contributed by atoms with Crippen molar-refractivity contribution in [3.05, 3.63) is 30.0 Å². The van der Waals surface area contributed by atoms with Crippen LogP contribution in [0.5, 0.6) is 5.75 Å². The fourth-order valence-corrected chi connectivity index (χ4v) is 2.08. The van der Waals surface area contributed by atoms with Crippen LogP contribution in [0.15, 0.2) is 24.4 Å². The Labute approximate surface area is 114 Å². The minimum absolute atomic E-state index is 0.0283. The SMILES string of the molecule is NCC(=O)n1cc(C[C@H](N)C(=O)O)c2cc(O)ccc21. The van der Waals surface area contributed by atoms with E-state index in [9.17, 15) is 14.7 Å². The fraction of sp³-hybridized carbons (Fsp3) is 0.231. The summed E-state index contributed by atoms with van der Waals surface area (Å²) in [5.41, 5.74) is 12.0. The first kappa shape index (κ1) is 14.0. The minimum Gasteiger partial charge on any atom is -0.508 e. The summed E-state index contributed by atoms with van der Waals surface area (Å²) in [6.45, 7) is -0.172. The maximum absolute atomic E-state index is 11.8. The molecular weight excluding hydrogens is 262 g/mol. The van der Waals surface area contributed by atoms with E-state index in [0.29, 0.717) is 16.5 Å². The molecule has 2 rings (SSSR count). The monoisotopic (exact) mass is 277 g/mol. The Bertz CT molecular complexity index is 678. The number of phenols is 1. The van der Waals surface area contributed by atoms with Gasteiger partial charge in [-0.15, -0.1) is 0 Å². The van der Waals surface area contributed by atoms with Gasteiger partial charge in [0, 0.05) is 18.0 Å². The Morgan fingerprint density at radius 2 is 2.05 bits per heavy atom. The third-order valence-electron chi connectivity index (χ3n) is 3.07. The van der Waals surface area contributed by atoms with E-state index in [0.717, 1.165) is 0 Å². The number of hydrogen-bond acceptors (Lipinski definition) is 5. The van der Waals surface area contributed by atoms with Gasteiger partial charge in [0.2, 0.25) is 5.91 Å². The number of fused-ring (bicyclic) bond motifs is 1. The standard InChI is InChI=1S/C13H15N3O4/c14-5-12(18)16-6-7(3-10(15)13(19)20)9-4-8(17)1-2-11(9)16/h1-2,4,6,10,17H,3,5,14-15H2,(H,19,20)/t10-/m0/s1. The average molecular weight is 277 g/mol. The summed E-state index contributed by atoms with van der Waals surface area (Å²) in [7, 11) is 0. The van der Waals surface area contributed by atoms with E-state index >= 15 is 0 Å². The van der Waals surface area contributed by atoms with Crippen molar-refractivity contribution in [2.45, 2.75) is 12.5 Å². The van der Waals surface area contributed by atoms with Crippen molar-refractivity contribution in [3.63, 3.8) is 0 Å². The summed E-state index contributed by atoms with van der Waals surface area (Å²) >= 11 is 0. The molecule has 6 N–H and O–H groups in total. The predicted molar refractivity (Wildman–Crippen MR) is 72.6 cm³/mol. The molecule has 0 saturated heterocycles. The second-order valence-corrected chi connectivity index (χ2v) is 4.47. The van der Waals surface area contributed by atoms with Gasteiger partial charge >= 0.3 is 5.97 Å². The van der Waals surface area contributed by atoms with Crippen molar-refractivity contribution in [1.82, 2.24) is 4.57 Å². The van der Waals surface area contributed by atoms with Crippen LogP contribution in [0.1, 0.15) is 10.4 Å². The second-order valence-electron chi connectivity index (χ2n) is 4.47. The number of aliphatic carboxylic acids is 1. The smallest absolute Gasteiger partial charge is 0.320 e. The molecule has 1 atom stereocenters. The first-order chi connectivity index (χ1) is 9.43. The van der Waals surface area contributed by atoms with Crippen LogP contribution in [0.3, 0.4) is 0 Å². The highest BCUT2D eigenvalue weighted by atomic mass is 16.4. The molecule has 2 aromatic rings. The fourth-order valence-electron chi connectivity index (χ4n) is 2.08. The zero-order chi connectivity index (χ0) is 14.9. The van der Waals surface area contributed by atoms with Gasteiger partial charge in [-0.2, -0.15) is 0 Å². The van der Waals surface area contributed by atoms with Crippen LogP contribution >= 0.6 is 0 Å². The van der Waals surface area contributed by atoms with Gasteiger partial charge in [-0.05, 0) is 23.8 Å². The van der Waals surface area contributed by atoms with E-state index in [1.54, 1.807) is 6.07 Å². The number of rotatable bonds is 4. The summed E-state index contributed by atoms with van der Waals surface area (Å²) in [4.78, 5) is 22.6. The Balaban J connectivity index is 2.56. The molecule has 0 amide bonds. The van der Waals surface area contributed by atoms with E-state index in [4.69, 9.17) is 16.6 Å². The molecule has 0 bridgehead atoms. The number of aromatic hydroxyl groups is 1. The maximum atomic E-state index is 11.8. The van der Waals surface area contributed by atoms with Gasteiger partial charge in [0.05, 0.1) is 12.1 Å². The Morgan fingerprint density at radius 1 is 1.35 bits per heavy atom. The summed E-state index contributed by atoms with van der Waals surface area (Å²) in [5.74, 6) is -1.42. The quantitative estimate of drug-likeness (QED) is 0.617. The topological polar surface area (TPSA) is 132 Å². The minimum atomic E-state index is -1.13. The molecule has 106 valence electrons. The van der Waals surface area contributed by atoms with Gasteiger partial charge in [-0.1, -0.05) is 0 Å². The molecule has 1 aromatic heterocycles. The number of benzene rings is 1. The number of nitrogens with zero attached hydrogens (tertiary/aromatic N) is 1. The van der Waals surface area contributed by atoms with E-state index < -0.39 is 12.0 Å². The van der Waals surface area contributed by atoms with Crippen molar-refractivity contribution in [3.8, 4) is 5.75 Å². The molecule has 0 unspecified atom stereocenters. The number of aromatic nitrogens is 1. The molecule has 0 aliphatic carbocycles. The van der Waals surface area contributed by atoms with E-state index in [1.165, 1.54) is 22.9 Å². The molecular formula is C13H15N3O4. The molecule has 1 aromatic carbocycles. The lowest BCUT2D eigenvalue weighted by Crippen LogP contribution is -2.32. The highest BCUT2D eigenvalue weighted by Gasteiger charge is 2.18. The lowest BCUT2D eigenvalue weighted by molar-refractivity contribution is -0.138. The number of carboxylic acid groups (broad SMARTS) is 1. The van der Waals surface area contributed by atoms with Gasteiger partial charge in [-0.3, -0.25) is 14.2 Å². The molecule has 20 heavy (non-hydrogen) atoms. The van der Waals surface area contributed by atoms with E-state index in [-0.39, 0.29) is 24.6 Å². The Kier molecular flexibility index (Phi) is 3.73. The molecule has 0 saturated carbocycles. The third-order valence-corrected chi connectivity index (χ3v) is 3.07. The van der Waals surface area contributed by atoms with Crippen LogP contribution < -0.4 is 11.5 Å². The summed E-state index contributed by atoms with van der Waals surface area (Å²) in [6, 6.07) is 3.42. The molecule has 0 spiro atoms. The van der Waals surface area contributed by atoms with E-state index in [2.05, 4.69) is 0 Å². The van der Waals surface area contributed by atoms with Crippen molar-refractivity contribution in [1.29, 1.82) is 0 Å². The van der Waals surface area contributed by atoms with Gasteiger partial charge in [0.15, 0.2) is 0 Å². The molecule has 1 heterocycles. The van der Waals surface area contributed by atoms with Crippen LogP contribution in [0.25, 0.3) is 10.9 Å². The maximum Gasteiger partial charge on any atom is 0.320 e. The number of nitrogens with two attached hydrogens (primary N) is 2. The number of carbonyl (C=O) groups is 2. The summed E-state index contributed by atoms with van der Waals surface area (Å²) in [6.07, 6.45) is 1.57. The highest BCUT2D eigenvalue weighted by Crippen LogP contribution is 2.26. The van der Waals surface area contributed by atoms with E-state index in [1.807, 2.05) is 0 Å². The third kappa shape index (κ3) is 2.49. The van der Waals surface area contributed by atoms with Gasteiger partial charge in [0.1, 0.15) is 11.8 Å². The Hall–Kier alpha value is -2.38. The lowest BCUT2D eigenvalue weighted by atomic mass is 10.1. The zero-order valence-electron chi connectivity index (χ0n) is 10.6. The number of hydrogen-bond donors (Lipinski definition) is 4. The van der Waals surface area contributed by atoms with Crippen LogP contribution in [-0.2, 0) is 11.2 Å². The Morgan fingerprint density at radius 3 is 2.65 bits per heavy atom. The van der Waals surface area contributed by atoms with Crippen molar-refractivity contribution < 1.29 is 19.8 Å². The number of carbonyl (C=O) groups excluding carboxylic acids is 1. The van der Waals surface area contributed by atoms with Crippen LogP contribution in [0.4, 0.5) is 0 Å². The summed E-state index contributed by atoms with van der Waals surface area (Å²) in [5, 5.41) is 19.0.